The molecule has 220 valence electrons. The average molecular weight is 605 g/mol. The predicted octanol–water partition coefficient (Wildman–Crippen LogP) is 4.72. The smallest absolute Gasteiger partial charge is 0.356 e. The third kappa shape index (κ3) is 5.49. The van der Waals surface area contributed by atoms with Crippen molar-refractivity contribution in [1.82, 2.24) is 9.55 Å². The van der Waals surface area contributed by atoms with Crippen LogP contribution in [-0.2, 0) is 32.6 Å². The molecule has 3 aliphatic rings. The number of halogens is 3. The highest BCUT2D eigenvalue weighted by Crippen LogP contribution is 2.49. The summed E-state index contributed by atoms with van der Waals surface area (Å²) in [5.41, 5.74) is 0.715. The summed E-state index contributed by atoms with van der Waals surface area (Å²) >= 11 is 6.42. The number of anilines is 1. The van der Waals surface area contributed by atoms with E-state index in [-0.39, 0.29) is 50.0 Å². The van der Waals surface area contributed by atoms with E-state index in [1.54, 1.807) is 44.5 Å². The lowest BCUT2D eigenvalue weighted by Crippen LogP contribution is -2.33. The molecule has 0 amide bonds. The molecule has 3 aliphatic heterocycles. The largest absolute Gasteiger partial charge is 0.366 e. The van der Waals surface area contributed by atoms with Crippen LogP contribution in [0.2, 0.25) is 5.15 Å². The summed E-state index contributed by atoms with van der Waals surface area (Å²) in [6, 6.07) is 3.73. The molecule has 2 aromatic heterocycles. The van der Waals surface area contributed by atoms with Crippen molar-refractivity contribution >= 4 is 35.9 Å². The molecule has 0 spiro atoms. The molecule has 11 nitrogen and oxygen atoms in total. The molecule has 0 aliphatic carbocycles. The molecule has 6 atom stereocenters. The molecule has 2 aromatic rings. The molecule has 0 radical (unpaired) electrons. The number of nitrogens with zero attached hydrogens (tertiary/aromatic N) is 4. The van der Waals surface area contributed by atoms with Crippen LogP contribution in [0.5, 0.6) is 0 Å². The summed E-state index contributed by atoms with van der Waals surface area (Å²) in [5, 5.41) is 10.2. The first-order valence-electron chi connectivity index (χ1n) is 13.1. The Hall–Kier alpha value is -1.88. The van der Waals surface area contributed by atoms with E-state index in [4.69, 9.17) is 39.6 Å². The Morgan fingerprint density at radius 2 is 1.85 bits per heavy atom. The Balaban J connectivity index is 1.45. The molecule has 0 bridgehead atoms. The maximum atomic E-state index is 14.1. The minimum Gasteiger partial charge on any atom is -0.366 e. The van der Waals surface area contributed by atoms with E-state index in [1.807, 2.05) is 6.07 Å². The third-order valence-corrected chi connectivity index (χ3v) is 9.06. The topological polar surface area (TPSA) is 117 Å². The molecule has 3 fully saturated rings. The molecule has 0 N–H and O–H groups in total. The summed E-state index contributed by atoms with van der Waals surface area (Å²) in [4.78, 5) is 5.93. The molecule has 5 rings (SSSR count). The van der Waals surface area contributed by atoms with Crippen molar-refractivity contribution < 1.29 is 41.3 Å². The molecular weight excluding hydrogens is 573 g/mol. The third-order valence-electron chi connectivity index (χ3n) is 6.98. The van der Waals surface area contributed by atoms with Gasteiger partial charge < -0.3 is 37.5 Å². The van der Waals surface area contributed by atoms with Gasteiger partial charge in [-0.25, -0.2) is 13.8 Å². The first-order chi connectivity index (χ1) is 19.0. The molecule has 0 saturated carbocycles. The number of hydrogen-bond donors (Lipinski definition) is 0. The van der Waals surface area contributed by atoms with Crippen molar-refractivity contribution in [3.05, 3.63) is 23.0 Å². The van der Waals surface area contributed by atoms with Gasteiger partial charge in [-0.2, -0.15) is 5.26 Å². The van der Waals surface area contributed by atoms with E-state index in [9.17, 15) is 18.6 Å². The summed E-state index contributed by atoms with van der Waals surface area (Å²) < 4.78 is 77.7. The fraction of sp³-hybridized carbons (Fsp3) is 0.680. The number of hydrogen-bond acceptors (Lipinski definition) is 10. The number of fused-ring (bicyclic) bond motifs is 2. The second kappa shape index (κ2) is 11.4. The van der Waals surface area contributed by atoms with Crippen molar-refractivity contribution in [1.29, 1.82) is 5.26 Å². The summed E-state index contributed by atoms with van der Waals surface area (Å²) in [6.45, 7) is 7.02. The van der Waals surface area contributed by atoms with Gasteiger partial charge in [-0.3, -0.25) is 4.57 Å². The average Bonchev–Trinajstić information content (AvgIpc) is 3.61. The van der Waals surface area contributed by atoms with Crippen LogP contribution < -0.4 is 4.90 Å². The van der Waals surface area contributed by atoms with Gasteiger partial charge in [0.15, 0.2) is 29.5 Å². The van der Waals surface area contributed by atoms with Crippen LogP contribution in [0.4, 0.5) is 14.5 Å². The predicted molar refractivity (Wildman–Crippen MR) is 141 cm³/mol. The highest BCUT2D eigenvalue weighted by atomic mass is 35.5. The van der Waals surface area contributed by atoms with Gasteiger partial charge >= 0.3 is 7.60 Å². The molecule has 40 heavy (non-hydrogen) atoms. The van der Waals surface area contributed by atoms with Crippen LogP contribution in [-0.4, -0.2) is 85.3 Å². The summed E-state index contributed by atoms with van der Waals surface area (Å²) in [6.07, 6.45) is -4.39. The van der Waals surface area contributed by atoms with E-state index in [0.29, 0.717) is 16.7 Å². The standard InChI is InChI=1S/C25H32ClF2N4O7P/c1-5-35-40(33,36-6-2)13-34-12-18-20-21(39-25(3,4)38-20)24(37-18)32-8-7-14-19(31-10-16(27)17(28)11-31)15(9-29)22(26)30-23(14)32/h7-8,16-18,20-21,24H,5-6,10-13H2,1-4H3/t16-,17+,18-,20-,21-,24-/m1/s1. The van der Waals surface area contributed by atoms with Crippen molar-refractivity contribution in [2.45, 2.75) is 70.4 Å². The summed E-state index contributed by atoms with van der Waals surface area (Å²) in [5.74, 6) is -0.920. The van der Waals surface area contributed by atoms with Crippen molar-refractivity contribution in [2.75, 3.05) is 44.2 Å². The van der Waals surface area contributed by atoms with Crippen LogP contribution in [0.15, 0.2) is 12.3 Å². The highest BCUT2D eigenvalue weighted by molar-refractivity contribution is 7.53. The first kappa shape index (κ1) is 29.6. The fourth-order valence-corrected chi connectivity index (χ4v) is 7.02. The van der Waals surface area contributed by atoms with Gasteiger partial charge in [-0.05, 0) is 33.8 Å². The van der Waals surface area contributed by atoms with Gasteiger partial charge in [-0.1, -0.05) is 11.6 Å². The van der Waals surface area contributed by atoms with Crippen LogP contribution in [0.3, 0.4) is 0 Å². The van der Waals surface area contributed by atoms with Crippen molar-refractivity contribution in [2.24, 2.45) is 0 Å². The van der Waals surface area contributed by atoms with Gasteiger partial charge in [-0.15, -0.1) is 0 Å². The molecule has 15 heteroatoms. The Morgan fingerprint density at radius 1 is 1.20 bits per heavy atom. The fourth-order valence-electron chi connectivity index (χ4n) is 5.47. The highest BCUT2D eigenvalue weighted by Gasteiger charge is 2.56. The second-order valence-electron chi connectivity index (χ2n) is 10.2. The van der Waals surface area contributed by atoms with Crippen LogP contribution in [0.25, 0.3) is 11.0 Å². The monoisotopic (exact) mass is 604 g/mol. The number of pyridine rings is 1. The van der Waals surface area contributed by atoms with E-state index in [1.165, 1.54) is 4.90 Å². The second-order valence-corrected chi connectivity index (χ2v) is 12.6. The van der Waals surface area contributed by atoms with Gasteiger partial charge in [0.25, 0.3) is 0 Å². The number of ether oxygens (including phenoxy) is 4. The van der Waals surface area contributed by atoms with E-state index < -0.39 is 50.3 Å². The SMILES string of the molecule is CCOP(=O)(COC[C@H]1O[C@@H](n2ccc3c(N4C[C@@H](F)[C@@H](F)C4)c(C#N)c(Cl)nc32)[C@@H]2OC(C)(C)O[C@@H]21)OCC. The minimum absolute atomic E-state index is 0.0159. The Kier molecular flexibility index (Phi) is 8.45. The Bertz CT molecular complexity index is 1320. The van der Waals surface area contributed by atoms with Crippen molar-refractivity contribution in [3.63, 3.8) is 0 Å². The molecule has 0 unspecified atom stereocenters. The van der Waals surface area contributed by atoms with Crippen molar-refractivity contribution in [3.8, 4) is 6.07 Å². The minimum atomic E-state index is -3.43. The zero-order valence-electron chi connectivity index (χ0n) is 22.6. The molecular formula is C25H32ClF2N4O7P. The quantitative estimate of drug-likeness (QED) is 0.279. The summed E-state index contributed by atoms with van der Waals surface area (Å²) in [7, 11) is -3.43. The van der Waals surface area contributed by atoms with Crippen LogP contribution in [0, 0.1) is 11.3 Å². The lowest BCUT2D eigenvalue weighted by molar-refractivity contribution is -0.201. The number of rotatable bonds is 10. The number of alkyl halides is 2. The maximum Gasteiger partial charge on any atom is 0.356 e. The van der Waals surface area contributed by atoms with Crippen LogP contribution in [0.1, 0.15) is 39.5 Å². The Labute approximate surface area is 235 Å². The first-order valence-corrected chi connectivity index (χ1v) is 15.2. The zero-order valence-corrected chi connectivity index (χ0v) is 24.2. The molecule has 0 aromatic carbocycles. The Morgan fingerprint density at radius 3 is 2.48 bits per heavy atom. The number of aromatic nitrogens is 2. The maximum absolute atomic E-state index is 14.1. The zero-order chi connectivity index (χ0) is 28.8. The van der Waals surface area contributed by atoms with Gasteiger partial charge in [0.2, 0.25) is 0 Å². The van der Waals surface area contributed by atoms with E-state index >= 15 is 0 Å². The van der Waals surface area contributed by atoms with Crippen LogP contribution >= 0.6 is 19.2 Å². The molecule has 3 saturated heterocycles. The van der Waals surface area contributed by atoms with Gasteiger partial charge in [0, 0.05) is 11.6 Å². The molecule has 5 heterocycles. The lowest BCUT2D eigenvalue weighted by atomic mass is 10.1. The number of nitriles is 1. The van der Waals surface area contributed by atoms with E-state index in [2.05, 4.69) is 4.98 Å². The lowest BCUT2D eigenvalue weighted by Gasteiger charge is -2.26. The van der Waals surface area contributed by atoms with E-state index in [0.717, 1.165) is 0 Å². The normalized spacial score (nSPS) is 29.8. The van der Waals surface area contributed by atoms with Gasteiger partial charge in [0.05, 0.1) is 38.6 Å². The van der Waals surface area contributed by atoms with Gasteiger partial charge in [0.1, 0.15) is 41.9 Å².